The predicted octanol–water partition coefficient (Wildman–Crippen LogP) is 2.08. The Labute approximate surface area is 109 Å². The van der Waals surface area contributed by atoms with E-state index in [0.29, 0.717) is 18.1 Å². The molecule has 0 fully saturated rings. The van der Waals surface area contributed by atoms with Gasteiger partial charge in [0.1, 0.15) is 12.0 Å². The maximum atomic E-state index is 12.3. The van der Waals surface area contributed by atoms with E-state index in [1.54, 1.807) is 10.7 Å². The summed E-state index contributed by atoms with van der Waals surface area (Å²) in [6, 6.07) is 11.3. The highest BCUT2D eigenvalue weighted by Gasteiger charge is 2.17. The lowest BCUT2D eigenvalue weighted by Crippen LogP contribution is -2.13. The topological polar surface area (TPSA) is 60.7 Å². The molecule has 0 radical (unpaired) electrons. The monoisotopic (exact) mass is 252 g/mol. The van der Waals surface area contributed by atoms with Gasteiger partial charge in [-0.1, -0.05) is 24.3 Å². The molecule has 3 aromatic rings. The van der Waals surface area contributed by atoms with Crippen LogP contribution in [-0.4, -0.2) is 25.5 Å². The number of aryl methyl sites for hydroxylation is 1. The summed E-state index contributed by atoms with van der Waals surface area (Å²) < 4.78 is 1.57. The average molecular weight is 252 g/mol. The smallest absolute Gasteiger partial charge is 0.248 e. The first-order valence-corrected chi connectivity index (χ1v) is 6.08. The zero-order valence-corrected chi connectivity index (χ0v) is 10.4. The van der Waals surface area contributed by atoms with Gasteiger partial charge in [-0.2, -0.15) is 5.10 Å². The SMILES string of the molecule is CCn1ncnc1C(=O)c1ccc2ccccc2n1. The number of ketones is 1. The number of pyridine rings is 1. The van der Waals surface area contributed by atoms with Gasteiger partial charge in [0, 0.05) is 11.9 Å². The molecule has 5 nitrogen and oxygen atoms in total. The molecule has 19 heavy (non-hydrogen) atoms. The lowest BCUT2D eigenvalue weighted by Gasteiger charge is -2.03. The van der Waals surface area contributed by atoms with Crippen LogP contribution in [0.3, 0.4) is 0 Å². The molecule has 0 saturated heterocycles. The van der Waals surface area contributed by atoms with Crippen molar-refractivity contribution in [2.75, 3.05) is 0 Å². The number of hydrogen-bond acceptors (Lipinski definition) is 4. The molecule has 0 atom stereocenters. The van der Waals surface area contributed by atoms with E-state index in [1.807, 2.05) is 37.3 Å². The molecule has 0 unspecified atom stereocenters. The van der Waals surface area contributed by atoms with Gasteiger partial charge in [0.05, 0.1) is 5.52 Å². The third-order valence-corrected chi connectivity index (χ3v) is 2.95. The molecule has 1 aromatic carbocycles. The van der Waals surface area contributed by atoms with Gasteiger partial charge >= 0.3 is 0 Å². The molecule has 3 rings (SSSR count). The van der Waals surface area contributed by atoms with Gasteiger partial charge in [0.25, 0.3) is 0 Å². The first-order chi connectivity index (χ1) is 9.29. The highest BCUT2D eigenvalue weighted by Crippen LogP contribution is 2.13. The molecular formula is C14H12N4O. The Morgan fingerprint density at radius 1 is 1.21 bits per heavy atom. The Bertz CT molecular complexity index is 748. The number of carbonyl (C=O) groups is 1. The molecular weight excluding hydrogens is 240 g/mol. The first-order valence-electron chi connectivity index (χ1n) is 6.08. The molecule has 0 aliphatic rings. The van der Waals surface area contributed by atoms with E-state index in [-0.39, 0.29) is 5.78 Å². The maximum absolute atomic E-state index is 12.3. The Hall–Kier alpha value is -2.56. The number of carbonyl (C=O) groups excluding carboxylic acids is 1. The van der Waals surface area contributed by atoms with E-state index in [1.165, 1.54) is 6.33 Å². The van der Waals surface area contributed by atoms with Crippen molar-refractivity contribution in [2.24, 2.45) is 0 Å². The highest BCUT2D eigenvalue weighted by molar-refractivity contribution is 6.06. The lowest BCUT2D eigenvalue weighted by molar-refractivity contribution is 0.102. The van der Waals surface area contributed by atoms with Crippen molar-refractivity contribution in [2.45, 2.75) is 13.5 Å². The van der Waals surface area contributed by atoms with Crippen molar-refractivity contribution in [1.29, 1.82) is 0 Å². The van der Waals surface area contributed by atoms with Crippen molar-refractivity contribution in [1.82, 2.24) is 19.7 Å². The molecule has 0 aliphatic heterocycles. The molecule has 5 heteroatoms. The van der Waals surface area contributed by atoms with E-state index in [2.05, 4.69) is 15.1 Å². The summed E-state index contributed by atoms with van der Waals surface area (Å²) in [7, 11) is 0. The van der Waals surface area contributed by atoms with Gasteiger partial charge in [0.2, 0.25) is 11.6 Å². The van der Waals surface area contributed by atoms with Crippen molar-refractivity contribution in [3.8, 4) is 0 Å². The number of hydrogen-bond donors (Lipinski definition) is 0. The fourth-order valence-electron chi connectivity index (χ4n) is 1.98. The lowest BCUT2D eigenvalue weighted by atomic mass is 10.1. The van der Waals surface area contributed by atoms with E-state index < -0.39 is 0 Å². The van der Waals surface area contributed by atoms with Crippen molar-refractivity contribution >= 4 is 16.7 Å². The highest BCUT2D eigenvalue weighted by atomic mass is 16.1. The van der Waals surface area contributed by atoms with E-state index in [0.717, 1.165) is 10.9 Å². The number of aromatic nitrogens is 4. The number of benzene rings is 1. The van der Waals surface area contributed by atoms with Gasteiger partial charge in [-0.3, -0.25) is 4.79 Å². The predicted molar refractivity (Wildman–Crippen MR) is 70.9 cm³/mol. The van der Waals surface area contributed by atoms with Crippen LogP contribution in [0.4, 0.5) is 0 Å². The van der Waals surface area contributed by atoms with E-state index in [4.69, 9.17) is 0 Å². The summed E-state index contributed by atoms with van der Waals surface area (Å²) in [6.07, 6.45) is 1.39. The number of fused-ring (bicyclic) bond motifs is 1. The minimum absolute atomic E-state index is 0.204. The first kappa shape index (κ1) is 11.5. The fraction of sp³-hybridized carbons (Fsp3) is 0.143. The van der Waals surface area contributed by atoms with Crippen LogP contribution in [-0.2, 0) is 6.54 Å². The standard InChI is InChI=1S/C14H12N4O/c1-2-18-14(15-9-16-18)13(19)12-8-7-10-5-3-4-6-11(10)17-12/h3-9H,2H2,1H3. The van der Waals surface area contributed by atoms with Crippen LogP contribution in [0.2, 0.25) is 0 Å². The number of nitrogens with zero attached hydrogens (tertiary/aromatic N) is 4. The second-order valence-electron chi connectivity index (χ2n) is 4.12. The fourth-order valence-corrected chi connectivity index (χ4v) is 1.98. The minimum Gasteiger partial charge on any atom is -0.283 e. The third-order valence-electron chi connectivity index (χ3n) is 2.95. The van der Waals surface area contributed by atoms with E-state index >= 15 is 0 Å². The summed E-state index contributed by atoms with van der Waals surface area (Å²) in [5.41, 5.74) is 1.19. The summed E-state index contributed by atoms with van der Waals surface area (Å²) in [5, 5.41) is 5.01. The van der Waals surface area contributed by atoms with Crippen LogP contribution in [0, 0.1) is 0 Å². The Kier molecular flexibility index (Phi) is 2.79. The molecule has 0 bridgehead atoms. The van der Waals surface area contributed by atoms with E-state index in [9.17, 15) is 4.79 Å². The molecule has 0 spiro atoms. The van der Waals surface area contributed by atoms with Gasteiger partial charge in [-0.05, 0) is 19.1 Å². The summed E-state index contributed by atoms with van der Waals surface area (Å²) in [5.74, 6) is 0.121. The Morgan fingerprint density at radius 3 is 2.89 bits per heavy atom. The van der Waals surface area contributed by atoms with Crippen LogP contribution >= 0.6 is 0 Å². The second kappa shape index (κ2) is 4.61. The molecule has 0 saturated carbocycles. The molecule has 2 aromatic heterocycles. The minimum atomic E-state index is -0.204. The van der Waals surface area contributed by atoms with Crippen molar-refractivity contribution in [3.05, 3.63) is 54.2 Å². The number of para-hydroxylation sites is 1. The summed E-state index contributed by atoms with van der Waals surface area (Å²) >= 11 is 0. The third kappa shape index (κ3) is 1.99. The zero-order valence-electron chi connectivity index (χ0n) is 10.4. The van der Waals surface area contributed by atoms with Gasteiger partial charge in [-0.15, -0.1) is 0 Å². The van der Waals surface area contributed by atoms with Gasteiger partial charge in [0.15, 0.2) is 0 Å². The molecule has 0 aliphatic carbocycles. The molecule has 94 valence electrons. The quantitative estimate of drug-likeness (QED) is 0.669. The maximum Gasteiger partial charge on any atom is 0.248 e. The second-order valence-corrected chi connectivity index (χ2v) is 4.12. The normalized spacial score (nSPS) is 10.8. The van der Waals surface area contributed by atoms with Crippen molar-refractivity contribution in [3.63, 3.8) is 0 Å². The molecule has 0 N–H and O–H groups in total. The zero-order chi connectivity index (χ0) is 13.2. The van der Waals surface area contributed by atoms with Gasteiger partial charge in [-0.25, -0.2) is 14.6 Å². The average Bonchev–Trinajstić information content (AvgIpc) is 2.94. The molecule has 2 heterocycles. The number of rotatable bonds is 3. The van der Waals surface area contributed by atoms with Crippen LogP contribution in [0.1, 0.15) is 23.2 Å². The van der Waals surface area contributed by atoms with Crippen LogP contribution in [0.25, 0.3) is 10.9 Å². The van der Waals surface area contributed by atoms with Gasteiger partial charge < -0.3 is 0 Å². The Morgan fingerprint density at radius 2 is 2.05 bits per heavy atom. The van der Waals surface area contributed by atoms with Crippen LogP contribution in [0.5, 0.6) is 0 Å². The summed E-state index contributed by atoms with van der Waals surface area (Å²) in [4.78, 5) is 20.7. The van der Waals surface area contributed by atoms with Crippen molar-refractivity contribution < 1.29 is 4.79 Å². The van der Waals surface area contributed by atoms with Crippen LogP contribution in [0.15, 0.2) is 42.7 Å². The largest absolute Gasteiger partial charge is 0.283 e. The van der Waals surface area contributed by atoms with Crippen LogP contribution < -0.4 is 0 Å². The summed E-state index contributed by atoms with van der Waals surface area (Å²) in [6.45, 7) is 2.52. The molecule has 0 amide bonds. The Balaban J connectivity index is 2.06.